The molecule has 0 bridgehead atoms. The largest absolute Gasteiger partial charge is 0.496 e. The maximum Gasteiger partial charge on any atom is 0.121 e. The van der Waals surface area contributed by atoms with Crippen molar-refractivity contribution < 1.29 is 9.84 Å². The number of rotatable bonds is 6. The normalized spacial score (nSPS) is 14.4. The summed E-state index contributed by atoms with van der Waals surface area (Å²) in [5.41, 5.74) is 2.07. The van der Waals surface area contributed by atoms with Gasteiger partial charge in [0.15, 0.2) is 0 Å². The van der Waals surface area contributed by atoms with Gasteiger partial charge in [0.2, 0.25) is 0 Å². The van der Waals surface area contributed by atoms with Gasteiger partial charge in [0.25, 0.3) is 0 Å². The van der Waals surface area contributed by atoms with Crippen LogP contribution in [0.4, 0.5) is 0 Å². The van der Waals surface area contributed by atoms with Crippen molar-refractivity contribution >= 4 is 0 Å². The number of aliphatic hydroxyl groups is 1. The summed E-state index contributed by atoms with van der Waals surface area (Å²) in [6.07, 6.45) is 2.82. The summed E-state index contributed by atoms with van der Waals surface area (Å²) in [6, 6.07) is 5.90. The molecular weight excluding hydrogens is 212 g/mol. The highest BCUT2D eigenvalue weighted by molar-refractivity contribution is 5.36. The van der Waals surface area contributed by atoms with Crippen LogP contribution in [0.25, 0.3) is 0 Å². The van der Waals surface area contributed by atoms with Crippen molar-refractivity contribution in [1.82, 2.24) is 0 Å². The highest BCUT2D eigenvalue weighted by atomic mass is 16.5. The van der Waals surface area contributed by atoms with Crippen molar-refractivity contribution in [3.05, 3.63) is 29.3 Å². The Hall–Kier alpha value is -1.02. The van der Waals surface area contributed by atoms with Crippen LogP contribution in [0, 0.1) is 12.8 Å². The maximum atomic E-state index is 10.2. The van der Waals surface area contributed by atoms with Crippen LogP contribution < -0.4 is 4.74 Å². The van der Waals surface area contributed by atoms with E-state index in [4.69, 9.17) is 4.74 Å². The topological polar surface area (TPSA) is 29.5 Å². The van der Waals surface area contributed by atoms with Gasteiger partial charge >= 0.3 is 0 Å². The first-order chi connectivity index (χ1) is 8.08. The van der Waals surface area contributed by atoms with Crippen LogP contribution >= 0.6 is 0 Å². The summed E-state index contributed by atoms with van der Waals surface area (Å²) in [5.74, 6) is 1.44. The van der Waals surface area contributed by atoms with Gasteiger partial charge in [-0.2, -0.15) is 0 Å². The van der Waals surface area contributed by atoms with Gasteiger partial charge in [0.05, 0.1) is 13.2 Å². The molecule has 0 aliphatic carbocycles. The molecule has 0 amide bonds. The zero-order chi connectivity index (χ0) is 12.8. The summed E-state index contributed by atoms with van der Waals surface area (Å²) in [6.45, 7) is 6.38. The van der Waals surface area contributed by atoms with Crippen molar-refractivity contribution in [1.29, 1.82) is 0 Å². The Balaban J connectivity index is 2.69. The van der Waals surface area contributed by atoms with E-state index in [0.29, 0.717) is 5.92 Å². The van der Waals surface area contributed by atoms with Crippen molar-refractivity contribution in [2.24, 2.45) is 5.92 Å². The van der Waals surface area contributed by atoms with E-state index in [1.165, 1.54) is 12.8 Å². The predicted molar refractivity (Wildman–Crippen MR) is 71.4 cm³/mol. The Morgan fingerprint density at radius 3 is 2.59 bits per heavy atom. The first-order valence-electron chi connectivity index (χ1n) is 6.41. The molecule has 0 heterocycles. The molecule has 1 aromatic carbocycles. The third-order valence-electron chi connectivity index (χ3n) is 3.21. The molecule has 2 unspecified atom stereocenters. The summed E-state index contributed by atoms with van der Waals surface area (Å²) in [4.78, 5) is 0. The summed E-state index contributed by atoms with van der Waals surface area (Å²) < 4.78 is 5.22. The number of benzene rings is 1. The van der Waals surface area contributed by atoms with E-state index in [2.05, 4.69) is 13.8 Å². The van der Waals surface area contributed by atoms with Crippen LogP contribution in [0.3, 0.4) is 0 Å². The van der Waals surface area contributed by atoms with Gasteiger partial charge in [-0.15, -0.1) is 0 Å². The Morgan fingerprint density at radius 1 is 1.35 bits per heavy atom. The van der Waals surface area contributed by atoms with E-state index in [9.17, 15) is 5.11 Å². The third-order valence-corrected chi connectivity index (χ3v) is 3.21. The number of hydrogen-bond donors (Lipinski definition) is 1. The lowest BCUT2D eigenvalue weighted by atomic mass is 9.94. The lowest BCUT2D eigenvalue weighted by Crippen LogP contribution is -2.05. The van der Waals surface area contributed by atoms with Crippen LogP contribution in [-0.2, 0) is 0 Å². The molecule has 0 aromatic heterocycles. The highest BCUT2D eigenvalue weighted by Gasteiger charge is 2.13. The molecule has 0 aliphatic heterocycles. The molecule has 1 rings (SSSR count). The average Bonchev–Trinajstić information content (AvgIpc) is 2.29. The summed E-state index contributed by atoms with van der Waals surface area (Å²) >= 11 is 0. The molecular formula is C15H24O2. The SMILES string of the molecule is CCCC(C)CC(O)c1ccc(OC)c(C)c1. The minimum atomic E-state index is -0.360. The molecule has 17 heavy (non-hydrogen) atoms. The Labute approximate surface area is 105 Å². The highest BCUT2D eigenvalue weighted by Crippen LogP contribution is 2.27. The fraction of sp³-hybridized carbons (Fsp3) is 0.600. The van der Waals surface area contributed by atoms with Gasteiger partial charge in [0.1, 0.15) is 5.75 Å². The molecule has 0 saturated heterocycles. The summed E-state index contributed by atoms with van der Waals surface area (Å²) in [5, 5.41) is 10.2. The Morgan fingerprint density at radius 2 is 2.06 bits per heavy atom. The van der Waals surface area contributed by atoms with Gasteiger partial charge in [0, 0.05) is 0 Å². The van der Waals surface area contributed by atoms with Gasteiger partial charge < -0.3 is 9.84 Å². The molecule has 0 spiro atoms. The quantitative estimate of drug-likeness (QED) is 0.812. The van der Waals surface area contributed by atoms with Crippen LogP contribution in [-0.4, -0.2) is 12.2 Å². The minimum absolute atomic E-state index is 0.360. The molecule has 96 valence electrons. The fourth-order valence-corrected chi connectivity index (χ4v) is 2.24. The molecule has 2 heteroatoms. The predicted octanol–water partition coefficient (Wildman–Crippen LogP) is 3.86. The second-order valence-corrected chi connectivity index (χ2v) is 4.87. The number of ether oxygens (including phenoxy) is 1. The number of methoxy groups -OCH3 is 1. The van der Waals surface area contributed by atoms with E-state index in [1.54, 1.807) is 7.11 Å². The number of aliphatic hydroxyl groups excluding tert-OH is 1. The molecule has 2 atom stereocenters. The number of hydrogen-bond acceptors (Lipinski definition) is 2. The lowest BCUT2D eigenvalue weighted by Gasteiger charge is -2.17. The Kier molecular flexibility index (Phi) is 5.49. The number of aryl methyl sites for hydroxylation is 1. The molecule has 0 radical (unpaired) electrons. The zero-order valence-electron chi connectivity index (χ0n) is 11.4. The van der Waals surface area contributed by atoms with E-state index < -0.39 is 0 Å². The first-order valence-corrected chi connectivity index (χ1v) is 6.41. The molecule has 1 aromatic rings. The molecule has 0 aliphatic rings. The lowest BCUT2D eigenvalue weighted by molar-refractivity contribution is 0.145. The first kappa shape index (κ1) is 14.0. The Bertz CT molecular complexity index is 347. The van der Waals surface area contributed by atoms with Crippen LogP contribution in [0.1, 0.15) is 50.3 Å². The monoisotopic (exact) mass is 236 g/mol. The second-order valence-electron chi connectivity index (χ2n) is 4.87. The van der Waals surface area contributed by atoms with Gasteiger partial charge in [-0.05, 0) is 42.5 Å². The average molecular weight is 236 g/mol. The van der Waals surface area contributed by atoms with E-state index in [1.807, 2.05) is 25.1 Å². The van der Waals surface area contributed by atoms with Crippen LogP contribution in [0.15, 0.2) is 18.2 Å². The van der Waals surface area contributed by atoms with Crippen molar-refractivity contribution in [3.63, 3.8) is 0 Å². The van der Waals surface area contributed by atoms with E-state index in [0.717, 1.165) is 23.3 Å². The van der Waals surface area contributed by atoms with Crippen LogP contribution in [0.5, 0.6) is 5.75 Å². The zero-order valence-corrected chi connectivity index (χ0v) is 11.4. The van der Waals surface area contributed by atoms with Gasteiger partial charge in [-0.3, -0.25) is 0 Å². The molecule has 0 saturated carbocycles. The smallest absolute Gasteiger partial charge is 0.121 e. The van der Waals surface area contributed by atoms with Gasteiger partial charge in [-0.25, -0.2) is 0 Å². The third kappa shape index (κ3) is 4.04. The molecule has 1 N–H and O–H groups in total. The standard InChI is InChI=1S/C15H24O2/c1-5-6-11(2)9-14(16)13-7-8-15(17-4)12(3)10-13/h7-8,10-11,14,16H,5-6,9H2,1-4H3. The fourth-order valence-electron chi connectivity index (χ4n) is 2.24. The van der Waals surface area contributed by atoms with Crippen molar-refractivity contribution in [3.8, 4) is 5.75 Å². The maximum absolute atomic E-state index is 10.2. The molecule has 2 nitrogen and oxygen atoms in total. The van der Waals surface area contributed by atoms with E-state index in [-0.39, 0.29) is 6.10 Å². The van der Waals surface area contributed by atoms with Crippen molar-refractivity contribution in [2.45, 2.75) is 46.1 Å². The molecule has 0 fully saturated rings. The van der Waals surface area contributed by atoms with Crippen molar-refractivity contribution in [2.75, 3.05) is 7.11 Å². The second kappa shape index (κ2) is 6.65. The summed E-state index contributed by atoms with van der Waals surface area (Å²) in [7, 11) is 1.67. The minimum Gasteiger partial charge on any atom is -0.496 e. The van der Waals surface area contributed by atoms with Crippen LogP contribution in [0.2, 0.25) is 0 Å². The van der Waals surface area contributed by atoms with E-state index >= 15 is 0 Å². The van der Waals surface area contributed by atoms with Gasteiger partial charge in [-0.1, -0.05) is 32.8 Å².